The number of nitrogens with zero attached hydrogens (tertiary/aromatic N) is 2. The molecule has 4 N–H and O–H groups in total. The van der Waals surface area contributed by atoms with Gasteiger partial charge in [-0.25, -0.2) is 0 Å². The lowest BCUT2D eigenvalue weighted by atomic mass is 10.1. The van der Waals surface area contributed by atoms with E-state index in [-0.39, 0.29) is 36.0 Å². The maximum Gasteiger partial charge on any atom is 0.255 e. The average Bonchev–Trinajstić information content (AvgIpc) is 2.92. The summed E-state index contributed by atoms with van der Waals surface area (Å²) in [6.45, 7) is 16.4. The molecule has 0 saturated carbocycles. The van der Waals surface area contributed by atoms with Crippen LogP contribution in [0.1, 0.15) is 87.2 Å². The number of aliphatic imine (C=N–C) groups is 2. The first kappa shape index (κ1) is 32.1. The fourth-order valence-corrected chi connectivity index (χ4v) is 4.06. The van der Waals surface area contributed by atoms with E-state index in [1.165, 1.54) is 0 Å². The van der Waals surface area contributed by atoms with Gasteiger partial charge in [-0.3, -0.25) is 19.6 Å². The highest BCUT2D eigenvalue weighted by atomic mass is 16.2. The molecule has 0 spiro atoms. The third-order valence-electron chi connectivity index (χ3n) is 5.87. The molecule has 0 radical (unpaired) electrons. The Balaban J connectivity index is 1.62. The van der Waals surface area contributed by atoms with Gasteiger partial charge in [-0.1, -0.05) is 0 Å². The molecule has 3 aromatic rings. The van der Waals surface area contributed by atoms with Crippen molar-refractivity contribution in [2.45, 2.75) is 79.6 Å². The summed E-state index contributed by atoms with van der Waals surface area (Å²) in [5.74, 6) is 1.15. The van der Waals surface area contributed by atoms with Crippen LogP contribution in [0.3, 0.4) is 0 Å². The summed E-state index contributed by atoms with van der Waals surface area (Å²) in [5, 5.41) is 12.6. The van der Waals surface area contributed by atoms with Crippen LogP contribution in [0.25, 0.3) is 0 Å². The number of carbonyl (C=O) groups is 2. The van der Waals surface area contributed by atoms with E-state index in [1.807, 2.05) is 76.2 Å². The molecule has 0 unspecified atom stereocenters. The summed E-state index contributed by atoms with van der Waals surface area (Å²) in [4.78, 5) is 35.1. The molecule has 3 aromatic carbocycles. The van der Waals surface area contributed by atoms with Crippen molar-refractivity contribution in [2.75, 3.05) is 10.6 Å². The Kier molecular flexibility index (Phi) is 11.4. The van der Waals surface area contributed by atoms with Gasteiger partial charge in [0, 0.05) is 57.8 Å². The SMILES string of the molecule is CC(C)N=C(NC(C)C)c1ccc(NC(=O)c2ccc(C(=O)Nc3ccc(C(=NC(C)C)NC(C)C)cc3)cc2)cc1. The van der Waals surface area contributed by atoms with Crippen molar-refractivity contribution in [2.24, 2.45) is 9.98 Å². The van der Waals surface area contributed by atoms with Crippen LogP contribution in [0.2, 0.25) is 0 Å². The second-order valence-corrected chi connectivity index (χ2v) is 11.4. The summed E-state index contributed by atoms with van der Waals surface area (Å²) >= 11 is 0. The number of amides is 2. The molecule has 222 valence electrons. The first-order valence-corrected chi connectivity index (χ1v) is 14.5. The fraction of sp³-hybridized carbons (Fsp3) is 0.353. The molecule has 0 heterocycles. The van der Waals surface area contributed by atoms with Crippen LogP contribution in [0, 0.1) is 0 Å². The molecule has 0 aliphatic rings. The molecular weight excluding hydrogens is 524 g/mol. The highest BCUT2D eigenvalue weighted by Gasteiger charge is 2.12. The molecule has 0 fully saturated rings. The number of benzene rings is 3. The zero-order valence-electron chi connectivity index (χ0n) is 25.9. The van der Waals surface area contributed by atoms with Gasteiger partial charge < -0.3 is 21.3 Å². The van der Waals surface area contributed by atoms with Crippen LogP contribution < -0.4 is 21.3 Å². The third-order valence-corrected chi connectivity index (χ3v) is 5.87. The van der Waals surface area contributed by atoms with Crippen molar-refractivity contribution in [3.8, 4) is 0 Å². The normalized spacial score (nSPS) is 12.2. The predicted molar refractivity (Wildman–Crippen MR) is 175 cm³/mol. The smallest absolute Gasteiger partial charge is 0.255 e. The monoisotopic (exact) mass is 568 g/mol. The second kappa shape index (κ2) is 15.0. The van der Waals surface area contributed by atoms with Gasteiger partial charge in [0.1, 0.15) is 11.7 Å². The molecule has 0 atom stereocenters. The van der Waals surface area contributed by atoms with E-state index in [0.29, 0.717) is 22.5 Å². The van der Waals surface area contributed by atoms with E-state index in [1.54, 1.807) is 24.3 Å². The zero-order chi connectivity index (χ0) is 30.8. The number of hydrogen-bond acceptors (Lipinski definition) is 4. The van der Waals surface area contributed by atoms with Crippen LogP contribution >= 0.6 is 0 Å². The first-order chi connectivity index (χ1) is 19.9. The molecule has 0 aliphatic carbocycles. The maximum atomic E-state index is 12.9. The molecule has 0 aliphatic heterocycles. The number of carbonyl (C=O) groups excluding carboxylic acids is 2. The lowest BCUT2D eigenvalue weighted by Crippen LogP contribution is -2.31. The van der Waals surface area contributed by atoms with E-state index in [4.69, 9.17) is 0 Å². The van der Waals surface area contributed by atoms with Gasteiger partial charge in [-0.2, -0.15) is 0 Å². The minimum absolute atomic E-state index is 0.158. The third kappa shape index (κ3) is 9.87. The minimum atomic E-state index is -0.254. The highest BCUT2D eigenvalue weighted by molar-refractivity contribution is 6.08. The van der Waals surface area contributed by atoms with Crippen molar-refractivity contribution < 1.29 is 9.59 Å². The Labute approximate surface area is 250 Å². The van der Waals surface area contributed by atoms with Crippen LogP contribution in [-0.4, -0.2) is 47.7 Å². The van der Waals surface area contributed by atoms with Crippen LogP contribution in [-0.2, 0) is 0 Å². The molecule has 3 rings (SSSR count). The zero-order valence-corrected chi connectivity index (χ0v) is 25.9. The Morgan fingerprint density at radius 3 is 1.02 bits per heavy atom. The summed E-state index contributed by atoms with van der Waals surface area (Å²) < 4.78 is 0. The standard InChI is InChI=1S/C34H44N6O2/c1-21(2)35-31(36-22(3)4)25-13-17-29(18-14-25)39-33(41)27-9-11-28(12-10-27)34(42)40-30-19-15-26(16-20-30)32(37-23(5)6)38-24(7)8/h9-24H,1-8H3,(H,35,36)(H,37,38)(H,39,41)(H,40,42). The Hall–Kier alpha value is -4.46. The van der Waals surface area contributed by atoms with Crippen molar-refractivity contribution in [3.05, 3.63) is 95.1 Å². The van der Waals surface area contributed by atoms with Crippen molar-refractivity contribution in [1.29, 1.82) is 0 Å². The van der Waals surface area contributed by atoms with Gasteiger partial charge >= 0.3 is 0 Å². The summed E-state index contributed by atoms with van der Waals surface area (Å²) in [6, 6.07) is 22.6. The largest absolute Gasteiger partial charge is 0.368 e. The minimum Gasteiger partial charge on any atom is -0.368 e. The molecule has 42 heavy (non-hydrogen) atoms. The van der Waals surface area contributed by atoms with E-state index in [0.717, 1.165) is 22.8 Å². The number of rotatable bonds is 10. The van der Waals surface area contributed by atoms with Gasteiger partial charge in [0.05, 0.1) is 0 Å². The quantitative estimate of drug-likeness (QED) is 0.165. The summed E-state index contributed by atoms with van der Waals surface area (Å²) in [5.41, 5.74) is 4.17. The van der Waals surface area contributed by atoms with E-state index in [2.05, 4.69) is 58.9 Å². The molecule has 0 aromatic heterocycles. The molecule has 2 amide bonds. The molecule has 0 bridgehead atoms. The second-order valence-electron chi connectivity index (χ2n) is 11.4. The lowest BCUT2D eigenvalue weighted by molar-refractivity contribution is 0.101. The van der Waals surface area contributed by atoms with Gasteiger partial charge in [0.25, 0.3) is 11.8 Å². The van der Waals surface area contributed by atoms with Gasteiger partial charge in [-0.15, -0.1) is 0 Å². The lowest BCUT2D eigenvalue weighted by Gasteiger charge is -2.15. The van der Waals surface area contributed by atoms with E-state index >= 15 is 0 Å². The molecular formula is C34H44N6O2. The Morgan fingerprint density at radius 2 is 0.762 bits per heavy atom. The topological polar surface area (TPSA) is 107 Å². The number of hydrogen-bond donors (Lipinski definition) is 4. The summed E-state index contributed by atoms with van der Waals surface area (Å²) in [6.07, 6.45) is 0. The van der Waals surface area contributed by atoms with Gasteiger partial charge in [-0.05, 0) is 128 Å². The average molecular weight is 569 g/mol. The molecule has 0 saturated heterocycles. The highest BCUT2D eigenvalue weighted by Crippen LogP contribution is 2.16. The van der Waals surface area contributed by atoms with Gasteiger partial charge in [0.2, 0.25) is 0 Å². The first-order valence-electron chi connectivity index (χ1n) is 14.5. The number of amidine groups is 2. The number of nitrogens with one attached hydrogen (secondary N) is 4. The van der Waals surface area contributed by atoms with E-state index < -0.39 is 0 Å². The molecule has 8 heteroatoms. The maximum absolute atomic E-state index is 12.9. The fourth-order valence-electron chi connectivity index (χ4n) is 4.06. The van der Waals surface area contributed by atoms with Crippen LogP contribution in [0.4, 0.5) is 11.4 Å². The Bertz CT molecular complexity index is 1280. The van der Waals surface area contributed by atoms with Crippen molar-refractivity contribution in [3.63, 3.8) is 0 Å². The van der Waals surface area contributed by atoms with Crippen molar-refractivity contribution in [1.82, 2.24) is 10.6 Å². The Morgan fingerprint density at radius 1 is 0.476 bits per heavy atom. The van der Waals surface area contributed by atoms with Gasteiger partial charge in [0.15, 0.2) is 0 Å². The van der Waals surface area contributed by atoms with Crippen molar-refractivity contribution >= 4 is 34.9 Å². The van der Waals surface area contributed by atoms with Crippen LogP contribution in [0.5, 0.6) is 0 Å². The predicted octanol–water partition coefficient (Wildman–Crippen LogP) is 6.50. The van der Waals surface area contributed by atoms with E-state index in [9.17, 15) is 9.59 Å². The summed E-state index contributed by atoms with van der Waals surface area (Å²) in [7, 11) is 0. The van der Waals surface area contributed by atoms with Crippen LogP contribution in [0.15, 0.2) is 82.8 Å². The molecule has 8 nitrogen and oxygen atoms in total. The number of anilines is 2.